The molecular formula is C22H24N4O2S. The van der Waals surface area contributed by atoms with Crippen molar-refractivity contribution in [1.82, 2.24) is 9.97 Å². The molecule has 0 aliphatic rings. The fourth-order valence-corrected chi connectivity index (χ4v) is 4.30. The molecule has 0 saturated heterocycles. The summed E-state index contributed by atoms with van der Waals surface area (Å²) in [4.78, 5) is 23.1. The number of hydrogen-bond donors (Lipinski definition) is 1. The number of pyridine rings is 2. The van der Waals surface area contributed by atoms with Gasteiger partial charge in [0.15, 0.2) is 0 Å². The third-order valence-electron chi connectivity index (χ3n) is 4.42. The first-order valence-corrected chi connectivity index (χ1v) is 10.8. The maximum absolute atomic E-state index is 13.2. The van der Waals surface area contributed by atoms with Crippen molar-refractivity contribution in [3.63, 3.8) is 0 Å². The fraction of sp³-hybridized carbons (Fsp3) is 0.227. The molecule has 6 nitrogen and oxygen atoms in total. The van der Waals surface area contributed by atoms with Crippen LogP contribution >= 0.6 is 0 Å². The Morgan fingerprint density at radius 2 is 1.83 bits per heavy atom. The van der Waals surface area contributed by atoms with Crippen LogP contribution in [-0.4, -0.2) is 33.7 Å². The molecule has 1 unspecified atom stereocenters. The van der Waals surface area contributed by atoms with Gasteiger partial charge in [-0.2, -0.15) is 0 Å². The molecule has 2 aromatic heterocycles. The Labute approximate surface area is 173 Å². The molecule has 0 radical (unpaired) electrons. The third kappa shape index (κ3) is 5.26. The number of carbonyl (C=O) groups excluding carboxylic acids is 1. The number of para-hydroxylation sites is 1. The van der Waals surface area contributed by atoms with Gasteiger partial charge in [-0.25, -0.2) is 4.98 Å². The van der Waals surface area contributed by atoms with Crippen LogP contribution in [0.3, 0.4) is 0 Å². The highest BCUT2D eigenvalue weighted by Gasteiger charge is 2.19. The lowest BCUT2D eigenvalue weighted by molar-refractivity contribution is 0.102. The Bertz CT molecular complexity index is 995. The largest absolute Gasteiger partial charge is 0.374 e. The fourth-order valence-electron chi connectivity index (χ4n) is 3.05. The minimum Gasteiger partial charge on any atom is -0.374 e. The number of aromatic nitrogens is 2. The van der Waals surface area contributed by atoms with Crippen molar-refractivity contribution in [2.75, 3.05) is 23.8 Å². The summed E-state index contributed by atoms with van der Waals surface area (Å²) in [5.74, 6) is -0.0550. The van der Waals surface area contributed by atoms with Gasteiger partial charge >= 0.3 is 0 Å². The first kappa shape index (κ1) is 20.7. The van der Waals surface area contributed by atoms with Crippen LogP contribution in [0.25, 0.3) is 0 Å². The van der Waals surface area contributed by atoms with Gasteiger partial charge in [-0.15, -0.1) is 0 Å². The van der Waals surface area contributed by atoms with Gasteiger partial charge in [0, 0.05) is 43.6 Å². The van der Waals surface area contributed by atoms with Gasteiger partial charge in [-0.3, -0.25) is 14.0 Å². The molecule has 3 rings (SSSR count). The Hall–Kier alpha value is -3.06. The molecule has 29 heavy (non-hydrogen) atoms. The number of benzene rings is 1. The Morgan fingerprint density at radius 3 is 2.59 bits per heavy atom. The van der Waals surface area contributed by atoms with E-state index in [1.807, 2.05) is 31.3 Å². The summed E-state index contributed by atoms with van der Waals surface area (Å²) in [5, 5.41) is 3.09. The van der Waals surface area contributed by atoms with Gasteiger partial charge in [-0.05, 0) is 42.3 Å². The van der Waals surface area contributed by atoms with E-state index in [1.54, 1.807) is 42.9 Å². The van der Waals surface area contributed by atoms with E-state index in [9.17, 15) is 9.00 Å². The molecule has 7 heteroatoms. The zero-order chi connectivity index (χ0) is 20.6. The van der Waals surface area contributed by atoms with E-state index in [1.165, 1.54) is 0 Å². The van der Waals surface area contributed by atoms with Crippen LogP contribution in [-0.2, 0) is 16.6 Å². The van der Waals surface area contributed by atoms with Crippen LogP contribution in [0.1, 0.15) is 29.3 Å². The topological polar surface area (TPSA) is 75.2 Å². The maximum Gasteiger partial charge on any atom is 0.258 e. The number of amides is 1. The second-order valence-electron chi connectivity index (χ2n) is 6.59. The molecule has 0 spiro atoms. The lowest BCUT2D eigenvalue weighted by Gasteiger charge is -2.21. The Balaban J connectivity index is 1.83. The molecular weight excluding hydrogens is 384 g/mol. The molecule has 0 bridgehead atoms. The van der Waals surface area contributed by atoms with Crippen molar-refractivity contribution < 1.29 is 9.00 Å². The minimum atomic E-state index is -1.47. The molecule has 2 heterocycles. The van der Waals surface area contributed by atoms with Gasteiger partial charge in [0.1, 0.15) is 5.03 Å². The number of carbonyl (C=O) groups is 1. The summed E-state index contributed by atoms with van der Waals surface area (Å²) in [5.41, 5.74) is 2.94. The molecule has 1 aromatic carbocycles. The molecule has 0 aliphatic carbocycles. The summed E-state index contributed by atoms with van der Waals surface area (Å²) in [6, 6.07) is 14.6. The van der Waals surface area contributed by atoms with Gasteiger partial charge in [0.25, 0.3) is 5.91 Å². The molecule has 0 fully saturated rings. The summed E-state index contributed by atoms with van der Waals surface area (Å²) < 4.78 is 13.2. The van der Waals surface area contributed by atoms with Crippen molar-refractivity contribution >= 4 is 28.1 Å². The second kappa shape index (κ2) is 9.93. The van der Waals surface area contributed by atoms with E-state index in [0.29, 0.717) is 11.3 Å². The maximum atomic E-state index is 13.2. The van der Waals surface area contributed by atoms with Crippen molar-refractivity contribution in [2.45, 2.75) is 24.1 Å². The normalized spacial score (nSPS) is 11.7. The van der Waals surface area contributed by atoms with E-state index < -0.39 is 10.8 Å². The van der Waals surface area contributed by atoms with E-state index in [-0.39, 0.29) is 16.7 Å². The molecule has 3 aromatic rings. The van der Waals surface area contributed by atoms with Gasteiger partial charge in [-0.1, -0.05) is 25.1 Å². The van der Waals surface area contributed by atoms with Gasteiger partial charge in [0.2, 0.25) is 0 Å². The molecule has 0 saturated carbocycles. The van der Waals surface area contributed by atoms with Crippen LogP contribution < -0.4 is 10.2 Å². The van der Waals surface area contributed by atoms with E-state index in [0.717, 1.165) is 24.2 Å². The summed E-state index contributed by atoms with van der Waals surface area (Å²) in [6.07, 6.45) is 5.78. The molecule has 150 valence electrons. The van der Waals surface area contributed by atoms with Crippen LogP contribution in [0.2, 0.25) is 0 Å². The average molecular weight is 409 g/mol. The summed E-state index contributed by atoms with van der Waals surface area (Å²) >= 11 is 0. The highest BCUT2D eigenvalue weighted by atomic mass is 32.2. The number of hydrogen-bond acceptors (Lipinski definition) is 5. The lowest BCUT2D eigenvalue weighted by atomic mass is 10.2. The van der Waals surface area contributed by atoms with Crippen LogP contribution in [0.5, 0.6) is 0 Å². The first-order chi connectivity index (χ1) is 14.1. The smallest absolute Gasteiger partial charge is 0.258 e. The lowest BCUT2D eigenvalue weighted by Crippen LogP contribution is -2.20. The minimum absolute atomic E-state index is 0.284. The third-order valence-corrected chi connectivity index (χ3v) is 5.75. The Kier molecular flexibility index (Phi) is 7.08. The van der Waals surface area contributed by atoms with E-state index >= 15 is 0 Å². The van der Waals surface area contributed by atoms with Gasteiger partial charge < -0.3 is 10.2 Å². The van der Waals surface area contributed by atoms with Crippen molar-refractivity contribution in [3.05, 3.63) is 78.2 Å². The number of anilines is 2. The second-order valence-corrected chi connectivity index (χ2v) is 7.95. The van der Waals surface area contributed by atoms with E-state index in [4.69, 9.17) is 0 Å². The number of nitrogens with zero attached hydrogens (tertiary/aromatic N) is 3. The van der Waals surface area contributed by atoms with Crippen molar-refractivity contribution in [1.29, 1.82) is 0 Å². The molecule has 0 aliphatic heterocycles. The highest BCUT2D eigenvalue weighted by Crippen LogP contribution is 2.24. The average Bonchev–Trinajstić information content (AvgIpc) is 2.75. The van der Waals surface area contributed by atoms with Gasteiger partial charge in [0.05, 0.1) is 22.1 Å². The van der Waals surface area contributed by atoms with Crippen molar-refractivity contribution in [3.8, 4) is 0 Å². The van der Waals surface area contributed by atoms with Crippen LogP contribution in [0.4, 0.5) is 11.4 Å². The summed E-state index contributed by atoms with van der Waals surface area (Å²) in [7, 11) is 0.561. The van der Waals surface area contributed by atoms with Crippen LogP contribution in [0.15, 0.2) is 72.1 Å². The molecule has 1 amide bonds. The predicted molar refractivity (Wildman–Crippen MR) is 117 cm³/mol. The predicted octanol–water partition coefficient (Wildman–Crippen LogP) is 3.88. The van der Waals surface area contributed by atoms with E-state index in [2.05, 4.69) is 27.1 Å². The standard InChI is InChI=1S/C22H24N4O2S/c1-3-15-26(2)20-9-5-4-7-17(20)16-29(28)22-19(8-6-12-24-22)21(27)25-18-10-13-23-14-11-18/h4-14H,3,15-16H2,1-2H3,(H,23,25,27). The highest BCUT2D eigenvalue weighted by molar-refractivity contribution is 7.84. The van der Waals surface area contributed by atoms with Crippen LogP contribution in [0, 0.1) is 0 Å². The van der Waals surface area contributed by atoms with Crippen molar-refractivity contribution in [2.24, 2.45) is 0 Å². The number of rotatable bonds is 8. The molecule has 1 N–H and O–H groups in total. The Morgan fingerprint density at radius 1 is 1.07 bits per heavy atom. The summed E-state index contributed by atoms with van der Waals surface area (Å²) in [6.45, 7) is 3.03. The SMILES string of the molecule is CCCN(C)c1ccccc1CS(=O)c1ncccc1C(=O)Nc1ccncc1. The zero-order valence-electron chi connectivity index (χ0n) is 16.5. The first-order valence-electron chi connectivity index (χ1n) is 9.44. The monoisotopic (exact) mass is 408 g/mol. The number of nitrogens with one attached hydrogen (secondary N) is 1. The zero-order valence-corrected chi connectivity index (χ0v) is 17.4. The molecule has 1 atom stereocenters. The quantitative estimate of drug-likeness (QED) is 0.612.